The zero-order chi connectivity index (χ0) is 26.7. The molecular weight excluding hydrogens is 539 g/mol. The van der Waals surface area contributed by atoms with Crippen LogP contribution in [0.4, 0.5) is 5.69 Å². The number of carbonyl (C=O) groups excluding carboxylic acids is 2. The number of rotatable bonds is 7. The normalized spacial score (nSPS) is 14.5. The Balaban J connectivity index is 1.58. The van der Waals surface area contributed by atoms with Crippen LogP contribution in [0.5, 0.6) is 11.5 Å². The van der Waals surface area contributed by atoms with Gasteiger partial charge in [0.15, 0.2) is 16.6 Å². The maximum absolute atomic E-state index is 13.3. The average molecular weight is 557 g/mol. The summed E-state index contributed by atoms with van der Waals surface area (Å²) in [7, 11) is 1.46. The summed E-state index contributed by atoms with van der Waals surface area (Å²) in [6.45, 7) is 0.171. The first-order valence-corrected chi connectivity index (χ1v) is 11.8. The third-order valence-corrected chi connectivity index (χ3v) is 6.46. The fraction of sp³-hybridized carbons (Fsp3) is 0.0769. The van der Waals surface area contributed by atoms with Gasteiger partial charge in [0.05, 0.1) is 28.4 Å². The van der Waals surface area contributed by atoms with Gasteiger partial charge < -0.3 is 14.6 Å². The van der Waals surface area contributed by atoms with E-state index in [0.717, 1.165) is 10.5 Å². The molecule has 0 radical (unpaired) electrons. The van der Waals surface area contributed by atoms with E-state index >= 15 is 0 Å². The van der Waals surface area contributed by atoms with Gasteiger partial charge in [0, 0.05) is 0 Å². The largest absolute Gasteiger partial charge is 0.493 e. The molecule has 0 spiro atoms. The molecule has 4 rings (SSSR count). The summed E-state index contributed by atoms with van der Waals surface area (Å²) in [5, 5.41) is 11.8. The number of nitrogens with zero attached hydrogens (tertiary/aromatic N) is 1. The lowest BCUT2D eigenvalue weighted by atomic mass is 10.1. The molecule has 0 saturated carbocycles. The average Bonchev–Trinajstić information content (AvgIpc) is 2.88. The number of thiocarbonyl (C=S) groups is 1. The Labute approximate surface area is 227 Å². The van der Waals surface area contributed by atoms with E-state index in [-0.39, 0.29) is 38.6 Å². The molecule has 37 heavy (non-hydrogen) atoms. The van der Waals surface area contributed by atoms with Crippen molar-refractivity contribution in [1.82, 2.24) is 5.32 Å². The quantitative estimate of drug-likeness (QED) is 0.236. The number of nitrogens with one attached hydrogen (secondary N) is 1. The summed E-state index contributed by atoms with van der Waals surface area (Å²) in [5.41, 5.74) is 1.51. The van der Waals surface area contributed by atoms with Crippen LogP contribution in [-0.4, -0.2) is 35.1 Å². The Morgan fingerprint density at radius 3 is 2.49 bits per heavy atom. The van der Waals surface area contributed by atoms with Crippen LogP contribution in [0.3, 0.4) is 0 Å². The van der Waals surface area contributed by atoms with Crippen molar-refractivity contribution in [3.8, 4) is 11.5 Å². The number of methoxy groups -OCH3 is 1. The lowest BCUT2D eigenvalue weighted by molar-refractivity contribution is -0.122. The number of carboxylic acids is 1. The molecule has 8 nitrogen and oxygen atoms in total. The summed E-state index contributed by atoms with van der Waals surface area (Å²) < 4.78 is 11.2. The van der Waals surface area contributed by atoms with Crippen molar-refractivity contribution in [2.75, 3.05) is 12.0 Å². The highest BCUT2D eigenvalue weighted by molar-refractivity contribution is 7.80. The van der Waals surface area contributed by atoms with Crippen LogP contribution < -0.4 is 19.7 Å². The molecule has 0 aliphatic carbocycles. The van der Waals surface area contributed by atoms with Gasteiger partial charge in [-0.2, -0.15) is 0 Å². The monoisotopic (exact) mass is 556 g/mol. The van der Waals surface area contributed by atoms with Crippen molar-refractivity contribution < 1.29 is 29.0 Å². The van der Waals surface area contributed by atoms with E-state index in [0.29, 0.717) is 17.1 Å². The van der Waals surface area contributed by atoms with Crippen molar-refractivity contribution in [2.24, 2.45) is 0 Å². The minimum atomic E-state index is -1.01. The topological polar surface area (TPSA) is 105 Å². The third-order valence-electron chi connectivity index (χ3n) is 5.37. The van der Waals surface area contributed by atoms with E-state index in [1.54, 1.807) is 48.5 Å². The Kier molecular flexibility index (Phi) is 7.77. The maximum atomic E-state index is 13.3. The van der Waals surface area contributed by atoms with Crippen LogP contribution in [0, 0.1) is 0 Å². The second kappa shape index (κ2) is 11.0. The second-order valence-corrected chi connectivity index (χ2v) is 8.90. The molecule has 1 saturated heterocycles. The van der Waals surface area contributed by atoms with Gasteiger partial charge in [-0.1, -0.05) is 47.5 Å². The molecule has 3 aromatic rings. The molecule has 0 aromatic heterocycles. The number of hydrogen-bond donors (Lipinski definition) is 2. The molecule has 1 fully saturated rings. The van der Waals surface area contributed by atoms with Crippen LogP contribution in [-0.2, 0) is 16.2 Å². The predicted molar refractivity (Wildman–Crippen MR) is 143 cm³/mol. The number of aromatic carboxylic acids is 1. The van der Waals surface area contributed by atoms with Crippen LogP contribution in [0.2, 0.25) is 10.0 Å². The second-order valence-electron chi connectivity index (χ2n) is 7.73. The van der Waals surface area contributed by atoms with Crippen LogP contribution in [0.15, 0.2) is 66.2 Å². The zero-order valence-corrected chi connectivity index (χ0v) is 21.5. The minimum absolute atomic E-state index is 0.117. The highest BCUT2D eigenvalue weighted by atomic mass is 35.5. The van der Waals surface area contributed by atoms with E-state index in [9.17, 15) is 14.4 Å². The number of amides is 2. The molecule has 2 amide bonds. The SMILES string of the molecule is COc1cc(/C=C2/C(=O)NC(=S)N(c3cccc(Cl)c3Cl)C2=O)ccc1OCc1ccc(C(=O)O)cc1. The number of hydrogen-bond acceptors (Lipinski definition) is 6. The summed E-state index contributed by atoms with van der Waals surface area (Å²) in [6, 6.07) is 16.0. The van der Waals surface area contributed by atoms with Gasteiger partial charge in [-0.05, 0) is 65.8 Å². The standard InChI is InChI=1S/C26H18Cl2N2O6S/c1-35-21-12-15(7-10-20(21)36-13-14-5-8-16(9-6-14)25(33)34)11-17-23(31)29-26(37)30(24(17)32)19-4-2-3-18(27)22(19)28/h2-12H,13H2,1H3,(H,33,34)(H,29,31,37)/b17-11-. The van der Waals surface area contributed by atoms with Crippen molar-refractivity contribution in [3.63, 3.8) is 0 Å². The van der Waals surface area contributed by atoms with Gasteiger partial charge in [0.1, 0.15) is 12.2 Å². The van der Waals surface area contributed by atoms with Crippen LogP contribution >= 0.6 is 35.4 Å². The molecule has 1 aliphatic rings. The van der Waals surface area contributed by atoms with Crippen LogP contribution in [0.25, 0.3) is 6.08 Å². The molecule has 0 unspecified atom stereocenters. The molecule has 188 valence electrons. The van der Waals surface area contributed by atoms with Gasteiger partial charge in [-0.25, -0.2) is 4.79 Å². The summed E-state index contributed by atoms with van der Waals surface area (Å²) in [5.74, 6) is -1.55. The number of carbonyl (C=O) groups is 3. The zero-order valence-electron chi connectivity index (χ0n) is 19.2. The van der Waals surface area contributed by atoms with Crippen molar-refractivity contribution >= 4 is 70.1 Å². The summed E-state index contributed by atoms with van der Waals surface area (Å²) in [6.07, 6.45) is 1.40. The van der Waals surface area contributed by atoms with Gasteiger partial charge >= 0.3 is 5.97 Å². The molecule has 0 bridgehead atoms. The Morgan fingerprint density at radius 2 is 1.81 bits per heavy atom. The third kappa shape index (κ3) is 5.59. The lowest BCUT2D eigenvalue weighted by Crippen LogP contribution is -2.54. The van der Waals surface area contributed by atoms with Crippen molar-refractivity contribution in [2.45, 2.75) is 6.61 Å². The van der Waals surface area contributed by atoms with E-state index in [2.05, 4.69) is 5.32 Å². The number of ether oxygens (including phenoxy) is 2. The first-order chi connectivity index (χ1) is 17.7. The molecule has 2 N–H and O–H groups in total. The van der Waals surface area contributed by atoms with Gasteiger partial charge in [-0.3, -0.25) is 19.8 Å². The van der Waals surface area contributed by atoms with Crippen LogP contribution in [0.1, 0.15) is 21.5 Å². The number of halogens is 2. The fourth-order valence-electron chi connectivity index (χ4n) is 3.51. The van der Waals surface area contributed by atoms with E-state index in [1.165, 1.54) is 25.3 Å². The molecule has 1 heterocycles. The van der Waals surface area contributed by atoms with Crippen molar-refractivity contribution in [3.05, 3.63) is 93.0 Å². The number of carboxylic acid groups (broad SMARTS) is 1. The Hall–Kier alpha value is -3.92. The van der Waals surface area contributed by atoms with Gasteiger partial charge in [-0.15, -0.1) is 0 Å². The lowest BCUT2D eigenvalue weighted by Gasteiger charge is -2.29. The van der Waals surface area contributed by atoms with Crippen molar-refractivity contribution in [1.29, 1.82) is 0 Å². The smallest absolute Gasteiger partial charge is 0.335 e. The Morgan fingerprint density at radius 1 is 1.08 bits per heavy atom. The minimum Gasteiger partial charge on any atom is -0.493 e. The number of anilines is 1. The summed E-state index contributed by atoms with van der Waals surface area (Å²) >= 11 is 17.6. The first-order valence-electron chi connectivity index (χ1n) is 10.7. The highest BCUT2D eigenvalue weighted by Crippen LogP contribution is 2.35. The molecule has 0 atom stereocenters. The molecule has 1 aliphatic heterocycles. The predicted octanol–water partition coefficient (Wildman–Crippen LogP) is 5.11. The first kappa shape index (κ1) is 26.2. The maximum Gasteiger partial charge on any atom is 0.335 e. The molecule has 11 heteroatoms. The molecule has 3 aromatic carbocycles. The fourth-order valence-corrected chi connectivity index (χ4v) is 4.16. The number of benzene rings is 3. The van der Waals surface area contributed by atoms with E-state index in [1.807, 2.05) is 0 Å². The van der Waals surface area contributed by atoms with E-state index < -0.39 is 17.8 Å². The van der Waals surface area contributed by atoms with Gasteiger partial charge in [0.25, 0.3) is 11.8 Å². The summed E-state index contributed by atoms with van der Waals surface area (Å²) in [4.78, 5) is 38.0. The highest BCUT2D eigenvalue weighted by Gasteiger charge is 2.35. The van der Waals surface area contributed by atoms with E-state index in [4.69, 9.17) is 50.0 Å². The Bertz CT molecular complexity index is 1460. The van der Waals surface area contributed by atoms with Gasteiger partial charge in [0.2, 0.25) is 0 Å². The molecular formula is C26H18Cl2N2O6S.